The second kappa shape index (κ2) is 29.4. The average Bonchev–Trinajstić information content (AvgIpc) is 2.80. The lowest BCUT2D eigenvalue weighted by Crippen LogP contribution is -3.00. The zero-order chi connectivity index (χ0) is 24.5. The molecule has 0 aliphatic carbocycles. The van der Waals surface area contributed by atoms with Crippen LogP contribution in [0.5, 0.6) is 0 Å². The highest BCUT2D eigenvalue weighted by Crippen LogP contribution is 2.15. The molecule has 0 saturated carbocycles. The zero-order valence-electron chi connectivity index (χ0n) is 23.4. The molecule has 0 radical (unpaired) electrons. The van der Waals surface area contributed by atoms with Crippen molar-refractivity contribution < 1.29 is 16.9 Å². The first-order valence-electron chi connectivity index (χ1n) is 13.8. The fourth-order valence-corrected chi connectivity index (χ4v) is 4.18. The lowest BCUT2D eigenvalue weighted by molar-refractivity contribution is -0.903. The van der Waals surface area contributed by atoms with E-state index in [1.54, 1.807) is 0 Å². The fraction of sp³-hybridized carbons (Fsp3) is 0.677. The molecule has 0 spiro atoms. The van der Waals surface area contributed by atoms with Crippen LogP contribution >= 0.6 is 12.4 Å². The van der Waals surface area contributed by atoms with Gasteiger partial charge in [0.05, 0.1) is 20.6 Å². The minimum absolute atomic E-state index is 0. The maximum absolute atomic E-state index is 3.54. The third kappa shape index (κ3) is 29.3. The molecule has 206 valence electrons. The van der Waals surface area contributed by atoms with E-state index in [-0.39, 0.29) is 24.8 Å². The number of rotatable bonds is 21. The minimum atomic E-state index is 0. The molecule has 1 N–H and O–H groups in total. The highest BCUT2D eigenvalue weighted by molar-refractivity contribution is 5.85. The Hall–Kier alpha value is -0.800. The molecule has 4 heteroatoms. The predicted octanol–water partition coefficient (Wildman–Crippen LogP) is 6.12. The largest absolute Gasteiger partial charge is 1.00 e. The van der Waals surface area contributed by atoms with Gasteiger partial charge in [-0.1, -0.05) is 126 Å². The molecule has 0 unspecified atom stereocenters. The van der Waals surface area contributed by atoms with Gasteiger partial charge in [0.1, 0.15) is 6.54 Å². The molecule has 0 aliphatic rings. The Balaban J connectivity index is -0.000000993. The van der Waals surface area contributed by atoms with Crippen LogP contribution in [-0.2, 0) is 6.54 Å². The highest BCUT2D eigenvalue weighted by atomic mass is 35.5. The van der Waals surface area contributed by atoms with Crippen molar-refractivity contribution >= 4 is 12.4 Å². The monoisotopic (exact) mass is 528 g/mol. The Labute approximate surface area is 232 Å². The highest BCUT2D eigenvalue weighted by Gasteiger charge is 2.14. The van der Waals surface area contributed by atoms with Crippen molar-refractivity contribution in [2.45, 2.75) is 103 Å². The van der Waals surface area contributed by atoms with E-state index in [9.17, 15) is 0 Å². The molecule has 0 bridgehead atoms. The summed E-state index contributed by atoms with van der Waals surface area (Å²) in [5, 5.41) is 3.05. The normalized spacial score (nSPS) is 10.4. The lowest BCUT2D eigenvalue weighted by Gasteiger charge is -2.30. The predicted molar refractivity (Wildman–Crippen MR) is 158 cm³/mol. The third-order valence-electron chi connectivity index (χ3n) is 6.15. The van der Waals surface area contributed by atoms with E-state index in [1.807, 2.05) is 12.2 Å². The summed E-state index contributed by atoms with van der Waals surface area (Å²) in [4.78, 5) is 0. The molecular weight excluding hydrogens is 471 g/mol. The van der Waals surface area contributed by atoms with Crippen molar-refractivity contribution in [3.05, 3.63) is 61.2 Å². The molecular formula is C31H58Cl2N2. The second-order valence-corrected chi connectivity index (χ2v) is 10.1. The number of quaternary nitrogens is 1. The molecule has 0 saturated heterocycles. The number of hydrogen-bond donors (Lipinski definition) is 1. The minimum Gasteiger partial charge on any atom is -1.00 e. The van der Waals surface area contributed by atoms with Crippen LogP contribution in [0, 0.1) is 0 Å². The molecule has 0 atom stereocenters. The van der Waals surface area contributed by atoms with Gasteiger partial charge in [0.2, 0.25) is 0 Å². The summed E-state index contributed by atoms with van der Waals surface area (Å²) in [6.07, 6.45) is 23.8. The topological polar surface area (TPSA) is 12.0 Å². The molecule has 0 aromatic heterocycles. The number of nitrogens with one attached hydrogen (secondary N) is 1. The van der Waals surface area contributed by atoms with Gasteiger partial charge in [-0.15, -0.1) is 25.6 Å². The van der Waals surface area contributed by atoms with E-state index < -0.39 is 0 Å². The molecule has 0 heterocycles. The molecule has 1 aromatic rings. The van der Waals surface area contributed by atoms with Crippen LogP contribution in [0.3, 0.4) is 0 Å². The van der Waals surface area contributed by atoms with Gasteiger partial charge in [-0.2, -0.15) is 0 Å². The molecule has 1 aromatic carbocycles. The van der Waals surface area contributed by atoms with Crippen LogP contribution in [-0.4, -0.2) is 38.2 Å². The number of halogens is 2. The van der Waals surface area contributed by atoms with E-state index in [0.29, 0.717) is 0 Å². The van der Waals surface area contributed by atoms with Crippen molar-refractivity contribution in [1.29, 1.82) is 0 Å². The van der Waals surface area contributed by atoms with Crippen molar-refractivity contribution in [2.75, 3.05) is 33.7 Å². The third-order valence-corrected chi connectivity index (χ3v) is 6.15. The van der Waals surface area contributed by atoms with Gasteiger partial charge in [0, 0.05) is 18.7 Å². The molecule has 0 amide bonds. The summed E-state index contributed by atoms with van der Waals surface area (Å²) in [6.45, 7) is 13.6. The van der Waals surface area contributed by atoms with E-state index in [4.69, 9.17) is 0 Å². The smallest absolute Gasteiger partial charge is 0.104 e. The van der Waals surface area contributed by atoms with Crippen molar-refractivity contribution in [3.63, 3.8) is 0 Å². The quantitative estimate of drug-likeness (QED) is 0.115. The van der Waals surface area contributed by atoms with Crippen LogP contribution in [0.2, 0.25) is 0 Å². The summed E-state index contributed by atoms with van der Waals surface area (Å²) in [5.41, 5.74) is 1.46. The van der Waals surface area contributed by atoms with Crippen molar-refractivity contribution in [3.8, 4) is 0 Å². The molecule has 2 nitrogen and oxygen atoms in total. The van der Waals surface area contributed by atoms with Crippen molar-refractivity contribution in [2.24, 2.45) is 0 Å². The maximum atomic E-state index is 3.54. The van der Waals surface area contributed by atoms with Crippen LogP contribution in [0.1, 0.15) is 102 Å². The number of hydrogen-bond acceptors (Lipinski definition) is 1. The second-order valence-electron chi connectivity index (χ2n) is 10.1. The van der Waals surface area contributed by atoms with Gasteiger partial charge in [-0.3, -0.25) is 0 Å². The lowest BCUT2D eigenvalue weighted by atomic mass is 10.0. The van der Waals surface area contributed by atoms with Gasteiger partial charge in [-0.25, -0.2) is 0 Å². The molecule has 0 fully saturated rings. The standard InChI is InChI=1S/C25H46N.C6H11N.2ClH/c1-4-5-6-7-8-9-10-11-12-13-14-15-16-20-23-26(2,3)24-25-21-18-17-19-22-25;1-3-5-7-6-4-2;;/h17-19,21-22H,4-16,20,23-24H2,1-3H3;3-4,7H,1-2,5-6H2;2*1H/q+1;;;/p-1. The SMILES string of the molecule is C=CCNCC=C.CCCCCCCCCCCCCCCC[N+](C)(C)Cc1ccccc1.Cl.[Cl-]. The first kappa shape index (κ1) is 38.7. The van der Waals surface area contributed by atoms with Gasteiger partial charge >= 0.3 is 0 Å². The maximum Gasteiger partial charge on any atom is 0.104 e. The molecule has 1 rings (SSSR count). The number of unbranched alkanes of at least 4 members (excludes halogenated alkanes) is 13. The first-order chi connectivity index (χ1) is 16.1. The summed E-state index contributed by atoms with van der Waals surface area (Å²) >= 11 is 0. The van der Waals surface area contributed by atoms with Crippen LogP contribution < -0.4 is 17.7 Å². The summed E-state index contributed by atoms with van der Waals surface area (Å²) < 4.78 is 1.11. The average molecular weight is 530 g/mol. The van der Waals surface area contributed by atoms with Gasteiger partial charge in [0.15, 0.2) is 0 Å². The Morgan fingerprint density at radius 1 is 0.686 bits per heavy atom. The Morgan fingerprint density at radius 2 is 1.09 bits per heavy atom. The van der Waals surface area contributed by atoms with E-state index in [2.05, 4.69) is 69.8 Å². The van der Waals surface area contributed by atoms with Crippen LogP contribution in [0.25, 0.3) is 0 Å². The van der Waals surface area contributed by atoms with Gasteiger partial charge < -0.3 is 22.2 Å². The number of benzene rings is 1. The number of nitrogens with zero attached hydrogens (tertiary/aromatic N) is 1. The molecule has 0 aliphatic heterocycles. The Kier molecular flexibility index (Phi) is 32.6. The fourth-order valence-electron chi connectivity index (χ4n) is 4.18. The van der Waals surface area contributed by atoms with Gasteiger partial charge in [0.25, 0.3) is 0 Å². The zero-order valence-corrected chi connectivity index (χ0v) is 25.0. The summed E-state index contributed by atoms with van der Waals surface area (Å²) in [5.74, 6) is 0. The Bertz CT molecular complexity index is 538. The van der Waals surface area contributed by atoms with E-state index in [0.717, 1.165) is 24.1 Å². The van der Waals surface area contributed by atoms with Crippen LogP contribution in [0.4, 0.5) is 0 Å². The van der Waals surface area contributed by atoms with Crippen LogP contribution in [0.15, 0.2) is 55.6 Å². The van der Waals surface area contributed by atoms with E-state index >= 15 is 0 Å². The Morgan fingerprint density at radius 3 is 1.49 bits per heavy atom. The summed E-state index contributed by atoms with van der Waals surface area (Å²) in [7, 11) is 4.74. The summed E-state index contributed by atoms with van der Waals surface area (Å²) in [6, 6.07) is 10.9. The first-order valence-corrected chi connectivity index (χ1v) is 13.8. The molecule has 35 heavy (non-hydrogen) atoms. The van der Waals surface area contributed by atoms with Crippen molar-refractivity contribution in [1.82, 2.24) is 5.32 Å². The van der Waals surface area contributed by atoms with E-state index in [1.165, 1.54) is 102 Å². The van der Waals surface area contributed by atoms with Gasteiger partial charge in [-0.05, 0) is 12.8 Å².